The number of nitrogens with one attached hydrogen (secondary N) is 2. The van der Waals surface area contributed by atoms with Gasteiger partial charge in [0, 0.05) is 32.7 Å². The molecule has 0 bridgehead atoms. The van der Waals surface area contributed by atoms with E-state index in [1.54, 1.807) is 7.11 Å². The van der Waals surface area contributed by atoms with E-state index in [1.165, 1.54) is 0 Å². The molecule has 0 aliphatic rings. The van der Waals surface area contributed by atoms with Crippen molar-refractivity contribution in [1.29, 1.82) is 0 Å². The first-order valence-corrected chi connectivity index (χ1v) is 7.89. The van der Waals surface area contributed by atoms with Gasteiger partial charge in [0.25, 0.3) is 0 Å². The van der Waals surface area contributed by atoms with Gasteiger partial charge >= 0.3 is 0 Å². The number of hydrogen-bond acceptors (Lipinski definition) is 3. The van der Waals surface area contributed by atoms with Gasteiger partial charge in [-0.3, -0.25) is 4.99 Å². The number of rotatable bonds is 9. The molecule has 2 N–H and O–H groups in total. The molecule has 5 nitrogen and oxygen atoms in total. The van der Waals surface area contributed by atoms with Gasteiger partial charge in [0.15, 0.2) is 5.96 Å². The molecule has 1 aromatic rings. The van der Waals surface area contributed by atoms with Gasteiger partial charge in [0.05, 0.1) is 13.2 Å². The molecule has 1 unspecified atom stereocenters. The first kappa shape index (κ1) is 18.3. The lowest BCUT2D eigenvalue weighted by atomic mass is 10.2. The van der Waals surface area contributed by atoms with Gasteiger partial charge in [-0.1, -0.05) is 18.2 Å². The molecule has 0 fully saturated rings. The Morgan fingerprint density at radius 1 is 1.32 bits per heavy atom. The highest BCUT2D eigenvalue weighted by Crippen LogP contribution is 2.16. The number of aliphatic imine (C=N–C) groups is 1. The van der Waals surface area contributed by atoms with Gasteiger partial charge in [-0.05, 0) is 32.4 Å². The van der Waals surface area contributed by atoms with Crippen LogP contribution in [0.3, 0.4) is 0 Å². The molecule has 0 saturated heterocycles. The zero-order valence-electron chi connectivity index (χ0n) is 14.2. The molecule has 0 aromatic heterocycles. The Kier molecular flexibility index (Phi) is 9.07. The summed E-state index contributed by atoms with van der Waals surface area (Å²) < 4.78 is 10.9. The summed E-state index contributed by atoms with van der Waals surface area (Å²) in [6.07, 6.45) is 0.879. The molecule has 1 aromatic carbocycles. The van der Waals surface area contributed by atoms with Crippen LogP contribution in [0.2, 0.25) is 0 Å². The molecule has 1 atom stereocenters. The number of benzene rings is 1. The van der Waals surface area contributed by atoms with Gasteiger partial charge in [0.1, 0.15) is 5.75 Å². The van der Waals surface area contributed by atoms with E-state index in [9.17, 15) is 0 Å². The van der Waals surface area contributed by atoms with Gasteiger partial charge in [0.2, 0.25) is 0 Å². The normalized spacial score (nSPS) is 12.8. The second-order valence-corrected chi connectivity index (χ2v) is 5.23. The van der Waals surface area contributed by atoms with Gasteiger partial charge < -0.3 is 20.1 Å². The maximum absolute atomic E-state index is 5.77. The Hall–Kier alpha value is -1.75. The SMILES string of the molecule is CCNC(=NCCCOc1ccccc1C)NC(C)COC. The van der Waals surface area contributed by atoms with E-state index in [1.807, 2.05) is 18.2 Å². The van der Waals surface area contributed by atoms with Crippen LogP contribution in [0.15, 0.2) is 29.3 Å². The third kappa shape index (κ3) is 7.31. The van der Waals surface area contributed by atoms with Crippen molar-refractivity contribution < 1.29 is 9.47 Å². The smallest absolute Gasteiger partial charge is 0.191 e. The average Bonchev–Trinajstić information content (AvgIpc) is 2.49. The molecular formula is C17H29N3O2. The standard InChI is InChI=1S/C17H29N3O2/c1-5-18-17(20-15(3)13-21-4)19-11-8-12-22-16-10-7-6-9-14(16)2/h6-7,9-10,15H,5,8,11-13H2,1-4H3,(H2,18,19,20). The van der Waals surface area contributed by atoms with Crippen molar-refractivity contribution in [1.82, 2.24) is 10.6 Å². The molecule has 0 amide bonds. The number of guanidine groups is 1. The van der Waals surface area contributed by atoms with E-state index >= 15 is 0 Å². The summed E-state index contributed by atoms with van der Waals surface area (Å²) in [5.74, 6) is 1.77. The fraction of sp³-hybridized carbons (Fsp3) is 0.588. The van der Waals surface area contributed by atoms with E-state index in [2.05, 4.69) is 42.5 Å². The largest absolute Gasteiger partial charge is 0.493 e. The summed E-state index contributed by atoms with van der Waals surface area (Å²) in [4.78, 5) is 4.55. The highest BCUT2D eigenvalue weighted by molar-refractivity contribution is 5.80. The van der Waals surface area contributed by atoms with E-state index in [0.717, 1.165) is 36.8 Å². The fourth-order valence-electron chi connectivity index (χ4n) is 2.00. The van der Waals surface area contributed by atoms with Crippen molar-refractivity contribution in [2.24, 2.45) is 4.99 Å². The number of hydrogen-bond donors (Lipinski definition) is 2. The summed E-state index contributed by atoms with van der Waals surface area (Å²) in [5.41, 5.74) is 1.16. The molecule has 0 spiro atoms. The van der Waals surface area contributed by atoms with Crippen LogP contribution in [-0.2, 0) is 4.74 Å². The zero-order chi connectivity index (χ0) is 16.2. The summed E-state index contributed by atoms with van der Waals surface area (Å²) >= 11 is 0. The van der Waals surface area contributed by atoms with Crippen LogP contribution >= 0.6 is 0 Å². The minimum atomic E-state index is 0.228. The number of para-hydroxylation sites is 1. The molecule has 22 heavy (non-hydrogen) atoms. The van der Waals surface area contributed by atoms with E-state index < -0.39 is 0 Å². The van der Waals surface area contributed by atoms with Crippen LogP contribution in [0, 0.1) is 6.92 Å². The number of aryl methyl sites for hydroxylation is 1. The predicted molar refractivity (Wildman–Crippen MR) is 91.7 cm³/mol. The quantitative estimate of drug-likeness (QED) is 0.418. The van der Waals surface area contributed by atoms with Gasteiger partial charge in [-0.15, -0.1) is 0 Å². The molecule has 1 rings (SSSR count). The Bertz CT molecular complexity index is 449. The van der Waals surface area contributed by atoms with Crippen molar-refractivity contribution in [3.05, 3.63) is 29.8 Å². The third-order valence-corrected chi connectivity index (χ3v) is 3.07. The van der Waals surface area contributed by atoms with Crippen molar-refractivity contribution in [3.63, 3.8) is 0 Å². The maximum Gasteiger partial charge on any atom is 0.191 e. The lowest BCUT2D eigenvalue weighted by molar-refractivity contribution is 0.179. The topological polar surface area (TPSA) is 54.9 Å². The first-order valence-electron chi connectivity index (χ1n) is 7.89. The third-order valence-electron chi connectivity index (χ3n) is 3.07. The van der Waals surface area contributed by atoms with Crippen LogP contribution in [0.25, 0.3) is 0 Å². The van der Waals surface area contributed by atoms with Crippen molar-refractivity contribution >= 4 is 5.96 Å². The molecule has 5 heteroatoms. The molecule has 0 radical (unpaired) electrons. The summed E-state index contributed by atoms with van der Waals surface area (Å²) in [6.45, 7) is 9.06. The lowest BCUT2D eigenvalue weighted by Crippen LogP contribution is -2.44. The second kappa shape index (κ2) is 10.9. The number of nitrogens with zero attached hydrogens (tertiary/aromatic N) is 1. The van der Waals surface area contributed by atoms with Crippen LogP contribution < -0.4 is 15.4 Å². The molecular weight excluding hydrogens is 278 g/mol. The van der Waals surface area contributed by atoms with E-state index in [4.69, 9.17) is 9.47 Å². The molecule has 124 valence electrons. The first-order chi connectivity index (χ1) is 10.7. The highest BCUT2D eigenvalue weighted by Gasteiger charge is 2.04. The Labute approximate surface area is 134 Å². The molecule has 0 aliphatic heterocycles. The van der Waals surface area contributed by atoms with E-state index in [-0.39, 0.29) is 6.04 Å². The average molecular weight is 307 g/mol. The zero-order valence-corrected chi connectivity index (χ0v) is 14.2. The van der Waals surface area contributed by atoms with Gasteiger partial charge in [-0.2, -0.15) is 0 Å². The Balaban J connectivity index is 2.33. The molecule has 0 saturated carbocycles. The summed E-state index contributed by atoms with van der Waals surface area (Å²) in [7, 11) is 1.70. The van der Waals surface area contributed by atoms with Crippen LogP contribution in [0.4, 0.5) is 0 Å². The van der Waals surface area contributed by atoms with Gasteiger partial charge in [-0.25, -0.2) is 0 Å². The summed E-state index contributed by atoms with van der Waals surface area (Å²) in [6, 6.07) is 8.28. The molecule has 0 aliphatic carbocycles. The van der Waals surface area contributed by atoms with Crippen LogP contribution in [-0.4, -0.2) is 45.4 Å². The number of methoxy groups -OCH3 is 1. The second-order valence-electron chi connectivity index (χ2n) is 5.23. The van der Waals surface area contributed by atoms with Crippen molar-refractivity contribution in [3.8, 4) is 5.75 Å². The minimum Gasteiger partial charge on any atom is -0.493 e. The monoisotopic (exact) mass is 307 g/mol. The predicted octanol–water partition coefficient (Wildman–Crippen LogP) is 2.35. The highest BCUT2D eigenvalue weighted by atomic mass is 16.5. The van der Waals surface area contributed by atoms with Crippen LogP contribution in [0.5, 0.6) is 5.75 Å². The summed E-state index contributed by atoms with van der Waals surface area (Å²) in [5, 5.41) is 6.54. The lowest BCUT2D eigenvalue weighted by Gasteiger charge is -2.17. The molecule has 0 heterocycles. The van der Waals surface area contributed by atoms with Crippen LogP contribution in [0.1, 0.15) is 25.8 Å². The number of ether oxygens (including phenoxy) is 2. The Morgan fingerprint density at radius 2 is 2.09 bits per heavy atom. The van der Waals surface area contributed by atoms with E-state index in [0.29, 0.717) is 13.2 Å². The Morgan fingerprint density at radius 3 is 2.77 bits per heavy atom. The fourth-order valence-corrected chi connectivity index (χ4v) is 2.00. The minimum absolute atomic E-state index is 0.228. The van der Waals surface area contributed by atoms with Crippen molar-refractivity contribution in [2.45, 2.75) is 33.2 Å². The van der Waals surface area contributed by atoms with Crippen molar-refractivity contribution in [2.75, 3.05) is 33.4 Å². The maximum atomic E-state index is 5.77.